The van der Waals surface area contributed by atoms with Crippen molar-refractivity contribution >= 4 is 5.91 Å². The molecule has 0 aliphatic carbocycles. The van der Waals surface area contributed by atoms with E-state index >= 15 is 0 Å². The maximum atomic E-state index is 13.3. The topological polar surface area (TPSA) is 69.0 Å². The summed E-state index contributed by atoms with van der Waals surface area (Å²) in [6, 6.07) is 7.88. The minimum atomic E-state index is -1.01. The van der Waals surface area contributed by atoms with Crippen molar-refractivity contribution in [2.45, 2.75) is 19.5 Å². The number of amides is 1. The molecule has 2 heterocycles. The van der Waals surface area contributed by atoms with Gasteiger partial charge < -0.3 is 10.1 Å². The first-order valence-electron chi connectivity index (χ1n) is 7.88. The van der Waals surface area contributed by atoms with E-state index in [9.17, 15) is 13.6 Å². The smallest absolute Gasteiger partial charge is 0.244 e. The van der Waals surface area contributed by atoms with Crippen LogP contribution < -0.4 is 10.1 Å². The molecular weight excluding hydrogens is 342 g/mol. The molecule has 3 aromatic rings. The number of carbonyl (C=O) groups excluding carboxylic acids is 1. The van der Waals surface area contributed by atoms with E-state index < -0.39 is 17.7 Å². The molecule has 1 amide bonds. The van der Waals surface area contributed by atoms with E-state index in [1.165, 1.54) is 16.9 Å². The summed E-state index contributed by atoms with van der Waals surface area (Å²) in [6.07, 6.45) is 4.80. The maximum absolute atomic E-state index is 13.3. The number of hydrogen-bond acceptors (Lipinski definition) is 4. The third-order valence-electron chi connectivity index (χ3n) is 3.71. The van der Waals surface area contributed by atoms with Crippen molar-refractivity contribution in [2.24, 2.45) is 0 Å². The summed E-state index contributed by atoms with van der Waals surface area (Å²) in [7, 11) is 0. The number of aromatic nitrogens is 3. The highest BCUT2D eigenvalue weighted by atomic mass is 19.2. The lowest BCUT2D eigenvalue weighted by Gasteiger charge is -2.14. The lowest BCUT2D eigenvalue weighted by Crippen LogP contribution is -2.31. The molecule has 0 aliphatic rings. The first-order valence-corrected chi connectivity index (χ1v) is 7.88. The highest BCUT2D eigenvalue weighted by Crippen LogP contribution is 2.24. The summed E-state index contributed by atoms with van der Waals surface area (Å²) in [4.78, 5) is 16.3. The Morgan fingerprint density at radius 1 is 1.23 bits per heavy atom. The normalized spacial score (nSPS) is 11.8. The third-order valence-corrected chi connectivity index (χ3v) is 3.71. The second kappa shape index (κ2) is 7.73. The number of rotatable bonds is 6. The van der Waals surface area contributed by atoms with E-state index in [-0.39, 0.29) is 24.1 Å². The van der Waals surface area contributed by atoms with Gasteiger partial charge in [0.05, 0.1) is 0 Å². The Morgan fingerprint density at radius 3 is 2.81 bits per heavy atom. The summed E-state index contributed by atoms with van der Waals surface area (Å²) < 4.78 is 33.4. The Morgan fingerprint density at radius 2 is 2.08 bits per heavy atom. The van der Waals surface area contributed by atoms with Crippen molar-refractivity contribution in [3.63, 3.8) is 0 Å². The van der Waals surface area contributed by atoms with E-state index in [1.807, 2.05) is 0 Å². The SMILES string of the molecule is C[C@H](C(=O)NCc1cccnc1Oc1ccc(F)c(F)c1)n1cccn1. The standard InChI is InChI=1S/C18H16F2N4O2/c1-12(24-9-3-8-23-24)17(25)22-11-13-4-2-7-21-18(13)26-14-5-6-15(19)16(20)10-14/h2-10,12H,11H2,1H3,(H,22,25)/t12-/m1/s1. The molecule has 26 heavy (non-hydrogen) atoms. The Kier molecular flexibility index (Phi) is 5.21. The number of hydrogen-bond donors (Lipinski definition) is 1. The Bertz CT molecular complexity index is 900. The fraction of sp³-hybridized carbons (Fsp3) is 0.167. The van der Waals surface area contributed by atoms with Crippen LogP contribution in [-0.2, 0) is 11.3 Å². The highest BCUT2D eigenvalue weighted by molar-refractivity contribution is 5.79. The first kappa shape index (κ1) is 17.5. The number of pyridine rings is 1. The molecule has 1 aromatic carbocycles. The van der Waals surface area contributed by atoms with Gasteiger partial charge in [-0.15, -0.1) is 0 Å². The van der Waals surface area contributed by atoms with Crippen molar-refractivity contribution in [2.75, 3.05) is 0 Å². The average Bonchev–Trinajstić information content (AvgIpc) is 3.18. The molecule has 1 atom stereocenters. The lowest BCUT2D eigenvalue weighted by molar-refractivity contribution is -0.124. The van der Waals surface area contributed by atoms with Gasteiger partial charge in [0.15, 0.2) is 11.6 Å². The third kappa shape index (κ3) is 4.02. The van der Waals surface area contributed by atoms with Gasteiger partial charge in [-0.25, -0.2) is 13.8 Å². The molecule has 0 saturated heterocycles. The zero-order valence-electron chi connectivity index (χ0n) is 13.9. The van der Waals surface area contributed by atoms with E-state index in [1.54, 1.807) is 37.5 Å². The maximum Gasteiger partial charge on any atom is 0.244 e. The molecule has 0 bridgehead atoms. The second-order valence-electron chi connectivity index (χ2n) is 5.53. The van der Waals surface area contributed by atoms with Crippen LogP contribution in [0.2, 0.25) is 0 Å². The molecule has 8 heteroatoms. The van der Waals surface area contributed by atoms with E-state index in [0.29, 0.717) is 5.56 Å². The van der Waals surface area contributed by atoms with Gasteiger partial charge in [0, 0.05) is 36.8 Å². The summed E-state index contributed by atoms with van der Waals surface area (Å²) in [5.74, 6) is -1.89. The van der Waals surface area contributed by atoms with Crippen LogP contribution in [0, 0.1) is 11.6 Å². The van der Waals surface area contributed by atoms with Gasteiger partial charge in [0.2, 0.25) is 11.8 Å². The Balaban J connectivity index is 1.69. The van der Waals surface area contributed by atoms with Crippen LogP contribution in [0.1, 0.15) is 18.5 Å². The van der Waals surface area contributed by atoms with Crippen molar-refractivity contribution in [1.82, 2.24) is 20.1 Å². The number of nitrogens with one attached hydrogen (secondary N) is 1. The molecule has 2 aromatic heterocycles. The van der Waals surface area contributed by atoms with Gasteiger partial charge in [-0.1, -0.05) is 6.07 Å². The molecular formula is C18H16F2N4O2. The molecule has 0 unspecified atom stereocenters. The minimum absolute atomic E-state index is 0.111. The van der Waals surface area contributed by atoms with Gasteiger partial charge in [-0.2, -0.15) is 5.10 Å². The zero-order valence-corrected chi connectivity index (χ0v) is 13.9. The van der Waals surface area contributed by atoms with Crippen LogP contribution in [0.5, 0.6) is 11.6 Å². The van der Waals surface area contributed by atoms with E-state index in [4.69, 9.17) is 4.74 Å². The molecule has 6 nitrogen and oxygen atoms in total. The summed E-state index contributed by atoms with van der Waals surface area (Å²) >= 11 is 0. The molecule has 0 aliphatic heterocycles. The molecule has 3 rings (SSSR count). The van der Waals surface area contributed by atoms with Gasteiger partial charge in [-0.05, 0) is 31.2 Å². The molecule has 1 N–H and O–H groups in total. The average molecular weight is 358 g/mol. The van der Waals surface area contributed by atoms with Crippen molar-refractivity contribution in [3.05, 3.63) is 72.2 Å². The fourth-order valence-electron chi connectivity index (χ4n) is 2.26. The molecule has 0 radical (unpaired) electrons. The predicted molar refractivity (Wildman–Crippen MR) is 89.5 cm³/mol. The molecule has 134 valence electrons. The van der Waals surface area contributed by atoms with Crippen LogP contribution in [0.4, 0.5) is 8.78 Å². The highest BCUT2D eigenvalue weighted by Gasteiger charge is 2.16. The molecule has 0 fully saturated rings. The summed E-state index contributed by atoms with van der Waals surface area (Å²) in [6.45, 7) is 1.89. The number of halogens is 2. The van der Waals surface area contributed by atoms with Gasteiger partial charge >= 0.3 is 0 Å². The number of carbonyl (C=O) groups is 1. The summed E-state index contributed by atoms with van der Waals surface area (Å²) in [5, 5.41) is 6.81. The first-order chi connectivity index (χ1) is 12.5. The number of benzene rings is 1. The molecule has 0 saturated carbocycles. The largest absolute Gasteiger partial charge is 0.439 e. The number of nitrogens with zero attached hydrogens (tertiary/aromatic N) is 3. The summed E-state index contributed by atoms with van der Waals surface area (Å²) in [5.41, 5.74) is 0.596. The van der Waals surface area contributed by atoms with Crippen LogP contribution in [-0.4, -0.2) is 20.7 Å². The Hall–Kier alpha value is -3.29. The lowest BCUT2D eigenvalue weighted by atomic mass is 10.2. The predicted octanol–water partition coefficient (Wildman–Crippen LogP) is 3.23. The van der Waals surface area contributed by atoms with Crippen molar-refractivity contribution in [3.8, 4) is 11.6 Å². The van der Waals surface area contributed by atoms with E-state index in [2.05, 4.69) is 15.4 Å². The van der Waals surface area contributed by atoms with Gasteiger partial charge in [-0.3, -0.25) is 9.48 Å². The zero-order chi connectivity index (χ0) is 18.5. The van der Waals surface area contributed by atoms with Crippen LogP contribution >= 0.6 is 0 Å². The second-order valence-corrected chi connectivity index (χ2v) is 5.53. The van der Waals surface area contributed by atoms with Crippen molar-refractivity contribution in [1.29, 1.82) is 0 Å². The van der Waals surface area contributed by atoms with E-state index in [0.717, 1.165) is 12.1 Å². The Labute approximate surface area is 148 Å². The van der Waals surface area contributed by atoms with Gasteiger partial charge in [0.25, 0.3) is 0 Å². The number of ether oxygens (including phenoxy) is 1. The van der Waals surface area contributed by atoms with Crippen LogP contribution in [0.3, 0.4) is 0 Å². The minimum Gasteiger partial charge on any atom is -0.439 e. The van der Waals surface area contributed by atoms with Gasteiger partial charge in [0.1, 0.15) is 11.8 Å². The van der Waals surface area contributed by atoms with Crippen LogP contribution in [0.15, 0.2) is 55.0 Å². The fourth-order valence-corrected chi connectivity index (χ4v) is 2.26. The monoisotopic (exact) mass is 358 g/mol. The molecule has 0 spiro atoms. The van der Waals surface area contributed by atoms with Crippen LogP contribution in [0.25, 0.3) is 0 Å². The quantitative estimate of drug-likeness (QED) is 0.735. The van der Waals surface area contributed by atoms with Crippen molar-refractivity contribution < 1.29 is 18.3 Å².